The molecule has 1 fully saturated rings. The number of likely N-dealkylation sites (tertiary alicyclic amines) is 1. The van der Waals surface area contributed by atoms with E-state index >= 15 is 0 Å². The van der Waals surface area contributed by atoms with Crippen molar-refractivity contribution in [1.82, 2.24) is 15.5 Å². The smallest absolute Gasteiger partial charge is 0.311 e. The zero-order valence-corrected chi connectivity index (χ0v) is 10.6. The monoisotopic (exact) mass is 255 g/mol. The molecular formula is C12H21N3O3. The first kappa shape index (κ1) is 14.5. The summed E-state index contributed by atoms with van der Waals surface area (Å²) in [6.45, 7) is 2.26. The van der Waals surface area contributed by atoms with Gasteiger partial charge in [-0.1, -0.05) is 12.8 Å². The Bertz CT molecular complexity index is 286. The molecule has 0 unspecified atom stereocenters. The van der Waals surface area contributed by atoms with Gasteiger partial charge < -0.3 is 15.5 Å². The van der Waals surface area contributed by atoms with Crippen LogP contribution in [0.25, 0.3) is 0 Å². The Kier molecular flexibility index (Phi) is 6.83. The zero-order chi connectivity index (χ0) is 13.2. The minimum absolute atomic E-state index is 0.402. The molecule has 102 valence electrons. The van der Waals surface area contributed by atoms with Crippen molar-refractivity contribution in [3.8, 4) is 0 Å². The molecular weight excluding hydrogens is 234 g/mol. The lowest BCUT2D eigenvalue weighted by Gasteiger charge is -2.19. The Labute approximate surface area is 107 Å². The molecule has 2 N–H and O–H groups in total. The van der Waals surface area contributed by atoms with Gasteiger partial charge in [0.15, 0.2) is 0 Å². The maximum atomic E-state index is 11.8. The number of hydrogen-bond acceptors (Lipinski definition) is 3. The van der Waals surface area contributed by atoms with E-state index in [1.165, 1.54) is 0 Å². The molecule has 1 aliphatic heterocycles. The molecule has 0 aromatic heterocycles. The maximum Gasteiger partial charge on any atom is 0.311 e. The lowest BCUT2D eigenvalue weighted by Crippen LogP contribution is -2.43. The van der Waals surface area contributed by atoms with Crippen LogP contribution in [0.4, 0.5) is 0 Å². The van der Waals surface area contributed by atoms with E-state index in [1.807, 2.05) is 0 Å². The minimum atomic E-state index is -0.539. The molecule has 6 heteroatoms. The van der Waals surface area contributed by atoms with Gasteiger partial charge >= 0.3 is 11.8 Å². The Morgan fingerprint density at radius 1 is 1.06 bits per heavy atom. The van der Waals surface area contributed by atoms with Crippen LogP contribution in [0.15, 0.2) is 0 Å². The number of hydrogen-bond donors (Lipinski definition) is 2. The van der Waals surface area contributed by atoms with E-state index in [2.05, 4.69) is 10.6 Å². The molecule has 0 aliphatic carbocycles. The van der Waals surface area contributed by atoms with E-state index in [-0.39, 0.29) is 0 Å². The highest BCUT2D eigenvalue weighted by atomic mass is 16.2. The van der Waals surface area contributed by atoms with E-state index in [1.54, 1.807) is 4.90 Å². The van der Waals surface area contributed by atoms with Crippen LogP contribution in [0.3, 0.4) is 0 Å². The molecule has 0 radical (unpaired) electrons. The second kappa shape index (κ2) is 8.49. The van der Waals surface area contributed by atoms with Gasteiger partial charge in [-0.3, -0.25) is 14.4 Å². The molecule has 0 aromatic carbocycles. The molecule has 0 saturated carbocycles. The summed E-state index contributed by atoms with van der Waals surface area (Å²) in [6, 6.07) is 0. The van der Waals surface area contributed by atoms with Crippen LogP contribution in [0.2, 0.25) is 0 Å². The fraction of sp³-hybridized carbons (Fsp3) is 0.750. The minimum Gasteiger partial charge on any atom is -0.359 e. The maximum absolute atomic E-state index is 11.8. The number of amides is 3. The van der Waals surface area contributed by atoms with Gasteiger partial charge in [0.25, 0.3) is 0 Å². The highest BCUT2D eigenvalue weighted by molar-refractivity contribution is 6.35. The van der Waals surface area contributed by atoms with Crippen molar-refractivity contribution in [2.24, 2.45) is 0 Å². The van der Waals surface area contributed by atoms with E-state index in [4.69, 9.17) is 0 Å². The standard InChI is InChI=1S/C12H21N3O3/c16-10-13-6-5-7-14-11(17)12(18)15-8-3-1-2-4-9-15/h10H,1-9H2,(H,13,16)(H,14,17). The Morgan fingerprint density at radius 3 is 2.33 bits per heavy atom. The summed E-state index contributed by atoms with van der Waals surface area (Å²) in [6.07, 6.45) is 5.44. The van der Waals surface area contributed by atoms with Gasteiger partial charge in [-0.05, 0) is 19.3 Å². The summed E-state index contributed by atoms with van der Waals surface area (Å²) in [4.78, 5) is 35.0. The van der Waals surface area contributed by atoms with Crippen molar-refractivity contribution in [2.75, 3.05) is 26.2 Å². The third-order valence-electron chi connectivity index (χ3n) is 2.95. The molecule has 0 bridgehead atoms. The summed E-state index contributed by atoms with van der Waals surface area (Å²) in [5.41, 5.74) is 0. The Balaban J connectivity index is 2.22. The largest absolute Gasteiger partial charge is 0.359 e. The summed E-state index contributed by atoms with van der Waals surface area (Å²) in [5, 5.41) is 5.07. The van der Waals surface area contributed by atoms with Gasteiger partial charge in [0.2, 0.25) is 6.41 Å². The summed E-state index contributed by atoms with van der Waals surface area (Å²) in [7, 11) is 0. The predicted molar refractivity (Wildman–Crippen MR) is 66.7 cm³/mol. The van der Waals surface area contributed by atoms with Crippen LogP contribution in [0, 0.1) is 0 Å². The van der Waals surface area contributed by atoms with Gasteiger partial charge in [0.05, 0.1) is 0 Å². The van der Waals surface area contributed by atoms with Gasteiger partial charge in [0, 0.05) is 26.2 Å². The number of rotatable bonds is 5. The first-order valence-corrected chi connectivity index (χ1v) is 6.50. The lowest BCUT2D eigenvalue weighted by atomic mass is 10.2. The molecule has 0 spiro atoms. The van der Waals surface area contributed by atoms with Crippen molar-refractivity contribution in [3.63, 3.8) is 0 Å². The topological polar surface area (TPSA) is 78.5 Å². The summed E-state index contributed by atoms with van der Waals surface area (Å²) >= 11 is 0. The van der Waals surface area contributed by atoms with Crippen molar-refractivity contribution >= 4 is 18.2 Å². The van der Waals surface area contributed by atoms with Crippen LogP contribution in [-0.4, -0.2) is 49.3 Å². The normalized spacial score (nSPS) is 15.7. The molecule has 0 atom stereocenters. The van der Waals surface area contributed by atoms with Crippen LogP contribution in [0.5, 0.6) is 0 Å². The van der Waals surface area contributed by atoms with Crippen molar-refractivity contribution in [3.05, 3.63) is 0 Å². The lowest BCUT2D eigenvalue weighted by molar-refractivity contribution is -0.145. The predicted octanol–water partition coefficient (Wildman–Crippen LogP) is -0.359. The zero-order valence-electron chi connectivity index (χ0n) is 10.6. The highest BCUT2D eigenvalue weighted by Crippen LogP contribution is 2.09. The first-order chi connectivity index (χ1) is 8.75. The Hall–Kier alpha value is -1.59. The molecule has 1 aliphatic rings. The summed E-state index contributed by atoms with van der Waals surface area (Å²) in [5.74, 6) is -0.969. The van der Waals surface area contributed by atoms with Crippen LogP contribution < -0.4 is 10.6 Å². The molecule has 6 nitrogen and oxygen atoms in total. The van der Waals surface area contributed by atoms with E-state index < -0.39 is 11.8 Å². The number of nitrogens with zero attached hydrogens (tertiary/aromatic N) is 1. The van der Waals surface area contributed by atoms with Crippen molar-refractivity contribution in [2.45, 2.75) is 32.1 Å². The van der Waals surface area contributed by atoms with Gasteiger partial charge in [-0.2, -0.15) is 0 Å². The molecule has 1 saturated heterocycles. The molecule has 18 heavy (non-hydrogen) atoms. The molecule has 0 aromatic rings. The highest BCUT2D eigenvalue weighted by Gasteiger charge is 2.21. The van der Waals surface area contributed by atoms with Gasteiger partial charge in [-0.25, -0.2) is 0 Å². The number of nitrogens with one attached hydrogen (secondary N) is 2. The fourth-order valence-electron chi connectivity index (χ4n) is 1.94. The second-order valence-electron chi connectivity index (χ2n) is 4.39. The van der Waals surface area contributed by atoms with Gasteiger partial charge in [-0.15, -0.1) is 0 Å². The summed E-state index contributed by atoms with van der Waals surface area (Å²) < 4.78 is 0. The van der Waals surface area contributed by atoms with Crippen LogP contribution >= 0.6 is 0 Å². The van der Waals surface area contributed by atoms with E-state index in [9.17, 15) is 14.4 Å². The van der Waals surface area contributed by atoms with Crippen LogP contribution in [-0.2, 0) is 14.4 Å². The van der Waals surface area contributed by atoms with Crippen LogP contribution in [0.1, 0.15) is 32.1 Å². The van der Waals surface area contributed by atoms with Crippen molar-refractivity contribution in [1.29, 1.82) is 0 Å². The molecule has 1 rings (SSSR count). The first-order valence-electron chi connectivity index (χ1n) is 6.50. The Morgan fingerprint density at radius 2 is 1.72 bits per heavy atom. The number of carbonyl (C=O) groups is 3. The third-order valence-corrected chi connectivity index (χ3v) is 2.95. The average Bonchev–Trinajstić information content (AvgIpc) is 2.66. The number of carbonyl (C=O) groups excluding carboxylic acids is 3. The van der Waals surface area contributed by atoms with Gasteiger partial charge in [0.1, 0.15) is 0 Å². The second-order valence-corrected chi connectivity index (χ2v) is 4.39. The van der Waals surface area contributed by atoms with Crippen molar-refractivity contribution < 1.29 is 14.4 Å². The molecule has 3 amide bonds. The quantitative estimate of drug-likeness (QED) is 0.400. The van der Waals surface area contributed by atoms with E-state index in [0.29, 0.717) is 39.0 Å². The third kappa shape index (κ3) is 5.16. The molecule has 1 heterocycles. The SMILES string of the molecule is O=CNCCCNC(=O)C(=O)N1CCCCCC1. The fourth-order valence-corrected chi connectivity index (χ4v) is 1.94. The van der Waals surface area contributed by atoms with E-state index in [0.717, 1.165) is 25.7 Å². The average molecular weight is 255 g/mol.